The summed E-state index contributed by atoms with van der Waals surface area (Å²) in [7, 11) is 0. The van der Waals surface area contributed by atoms with E-state index in [0.29, 0.717) is 11.3 Å². The highest BCUT2D eigenvalue weighted by atomic mass is 16.5. The number of ether oxygens (including phenoxy) is 1. The standard InChI is InChI=1S/C15H24O/c1-15(2,3)14(12-6-4-5-7-12)13-8-10-16-11-9-13/h4,6-7,13-14H,5,8-11H2,1-3H3. The van der Waals surface area contributed by atoms with Crippen LogP contribution in [0.3, 0.4) is 0 Å². The molecule has 1 saturated heterocycles. The molecule has 2 rings (SSSR count). The summed E-state index contributed by atoms with van der Waals surface area (Å²) in [5, 5.41) is 0. The lowest BCUT2D eigenvalue weighted by Gasteiger charge is -2.39. The SMILES string of the molecule is CC(C)(C)C(C1=CCC=C1)C1CCOCC1. The van der Waals surface area contributed by atoms with Crippen molar-refractivity contribution in [2.24, 2.45) is 17.3 Å². The molecule has 0 bridgehead atoms. The van der Waals surface area contributed by atoms with Crippen LogP contribution in [0.5, 0.6) is 0 Å². The molecule has 1 nitrogen and oxygen atoms in total. The molecule has 16 heavy (non-hydrogen) atoms. The number of hydrogen-bond donors (Lipinski definition) is 0. The zero-order valence-electron chi connectivity index (χ0n) is 10.8. The van der Waals surface area contributed by atoms with Gasteiger partial charge in [-0.1, -0.05) is 39.0 Å². The van der Waals surface area contributed by atoms with Gasteiger partial charge in [0.15, 0.2) is 0 Å². The van der Waals surface area contributed by atoms with Crippen LogP contribution < -0.4 is 0 Å². The highest BCUT2D eigenvalue weighted by Crippen LogP contribution is 2.43. The van der Waals surface area contributed by atoms with Gasteiger partial charge in [0.25, 0.3) is 0 Å². The summed E-state index contributed by atoms with van der Waals surface area (Å²) in [6.07, 6.45) is 10.6. The summed E-state index contributed by atoms with van der Waals surface area (Å²) in [5.74, 6) is 1.51. The summed E-state index contributed by atoms with van der Waals surface area (Å²) in [6, 6.07) is 0. The molecule has 1 fully saturated rings. The summed E-state index contributed by atoms with van der Waals surface area (Å²) in [6.45, 7) is 9.03. The molecule has 2 aliphatic rings. The van der Waals surface area contributed by atoms with Gasteiger partial charge in [-0.3, -0.25) is 0 Å². The fraction of sp³-hybridized carbons (Fsp3) is 0.733. The molecular formula is C15H24O. The second kappa shape index (κ2) is 4.75. The van der Waals surface area contributed by atoms with Gasteiger partial charge in [0, 0.05) is 13.2 Å². The quantitative estimate of drug-likeness (QED) is 0.684. The third-order valence-electron chi connectivity index (χ3n) is 3.83. The topological polar surface area (TPSA) is 9.23 Å². The molecule has 0 radical (unpaired) electrons. The molecule has 1 aliphatic carbocycles. The molecule has 1 atom stereocenters. The fourth-order valence-electron chi connectivity index (χ4n) is 3.24. The first-order valence-electron chi connectivity index (χ1n) is 6.53. The summed E-state index contributed by atoms with van der Waals surface area (Å²) < 4.78 is 5.49. The zero-order valence-corrected chi connectivity index (χ0v) is 10.8. The summed E-state index contributed by atoms with van der Waals surface area (Å²) >= 11 is 0. The van der Waals surface area contributed by atoms with Crippen molar-refractivity contribution in [2.75, 3.05) is 13.2 Å². The molecule has 0 spiro atoms. The lowest BCUT2D eigenvalue weighted by atomic mass is 9.67. The van der Waals surface area contributed by atoms with Crippen molar-refractivity contribution in [2.45, 2.75) is 40.0 Å². The Morgan fingerprint density at radius 1 is 1.25 bits per heavy atom. The van der Waals surface area contributed by atoms with Crippen LogP contribution in [0.4, 0.5) is 0 Å². The van der Waals surface area contributed by atoms with Crippen LogP contribution in [0.1, 0.15) is 40.0 Å². The molecular weight excluding hydrogens is 196 g/mol. The third kappa shape index (κ3) is 2.57. The van der Waals surface area contributed by atoms with E-state index < -0.39 is 0 Å². The average molecular weight is 220 g/mol. The van der Waals surface area contributed by atoms with Crippen molar-refractivity contribution in [3.8, 4) is 0 Å². The summed E-state index contributed by atoms with van der Waals surface area (Å²) in [4.78, 5) is 0. The van der Waals surface area contributed by atoms with Crippen molar-refractivity contribution < 1.29 is 4.74 Å². The van der Waals surface area contributed by atoms with Crippen molar-refractivity contribution in [1.29, 1.82) is 0 Å². The Morgan fingerprint density at radius 2 is 1.94 bits per heavy atom. The zero-order chi connectivity index (χ0) is 11.6. The molecule has 0 aromatic carbocycles. The van der Waals surface area contributed by atoms with Gasteiger partial charge < -0.3 is 4.74 Å². The Balaban J connectivity index is 2.16. The minimum Gasteiger partial charge on any atom is -0.381 e. The highest BCUT2D eigenvalue weighted by Gasteiger charge is 2.35. The van der Waals surface area contributed by atoms with E-state index in [9.17, 15) is 0 Å². The van der Waals surface area contributed by atoms with E-state index >= 15 is 0 Å². The van der Waals surface area contributed by atoms with Crippen molar-refractivity contribution in [3.63, 3.8) is 0 Å². The largest absolute Gasteiger partial charge is 0.381 e. The molecule has 0 aromatic rings. The highest BCUT2D eigenvalue weighted by molar-refractivity contribution is 5.30. The first-order chi connectivity index (χ1) is 7.59. The van der Waals surface area contributed by atoms with E-state index in [-0.39, 0.29) is 0 Å². The van der Waals surface area contributed by atoms with Crippen LogP contribution in [0, 0.1) is 17.3 Å². The van der Waals surface area contributed by atoms with Crippen LogP contribution >= 0.6 is 0 Å². The monoisotopic (exact) mass is 220 g/mol. The maximum atomic E-state index is 5.49. The molecule has 90 valence electrons. The molecule has 0 amide bonds. The fourth-order valence-corrected chi connectivity index (χ4v) is 3.24. The average Bonchev–Trinajstić information content (AvgIpc) is 2.71. The molecule has 1 unspecified atom stereocenters. The number of allylic oxidation sites excluding steroid dienone is 4. The molecule has 1 aliphatic heterocycles. The van der Waals surface area contributed by atoms with E-state index in [1.807, 2.05) is 0 Å². The van der Waals surface area contributed by atoms with Crippen molar-refractivity contribution in [3.05, 3.63) is 23.8 Å². The van der Waals surface area contributed by atoms with Gasteiger partial charge in [-0.2, -0.15) is 0 Å². The minimum atomic E-state index is 0.364. The van der Waals surface area contributed by atoms with Gasteiger partial charge >= 0.3 is 0 Å². The molecule has 0 N–H and O–H groups in total. The molecule has 1 heterocycles. The van der Waals surface area contributed by atoms with Gasteiger partial charge in [0.05, 0.1) is 0 Å². The Morgan fingerprint density at radius 3 is 2.44 bits per heavy atom. The van der Waals surface area contributed by atoms with E-state index in [1.165, 1.54) is 12.8 Å². The predicted octanol–water partition coefficient (Wildman–Crippen LogP) is 3.96. The van der Waals surface area contributed by atoms with Gasteiger partial charge in [-0.25, -0.2) is 0 Å². The van der Waals surface area contributed by atoms with Gasteiger partial charge in [0.1, 0.15) is 0 Å². The molecule has 0 aromatic heterocycles. The van der Waals surface area contributed by atoms with Crippen LogP contribution in [-0.4, -0.2) is 13.2 Å². The van der Waals surface area contributed by atoms with E-state index in [0.717, 1.165) is 25.6 Å². The van der Waals surface area contributed by atoms with Crippen LogP contribution in [-0.2, 0) is 4.74 Å². The Bertz CT molecular complexity index is 287. The normalized spacial score (nSPS) is 24.6. The van der Waals surface area contributed by atoms with E-state index in [1.54, 1.807) is 5.57 Å². The lowest BCUT2D eigenvalue weighted by Crippen LogP contribution is -2.33. The Hall–Kier alpha value is -0.560. The third-order valence-corrected chi connectivity index (χ3v) is 3.83. The summed E-state index contributed by atoms with van der Waals surface area (Å²) in [5.41, 5.74) is 1.93. The van der Waals surface area contributed by atoms with E-state index in [2.05, 4.69) is 39.0 Å². The maximum Gasteiger partial charge on any atom is 0.0468 e. The molecule has 1 heteroatoms. The first-order valence-corrected chi connectivity index (χ1v) is 6.53. The van der Waals surface area contributed by atoms with Crippen molar-refractivity contribution in [1.82, 2.24) is 0 Å². The second-order valence-corrected chi connectivity index (χ2v) is 6.14. The first kappa shape index (κ1) is 11.9. The Labute approximate surface area is 99.6 Å². The van der Waals surface area contributed by atoms with Gasteiger partial charge in [-0.05, 0) is 42.1 Å². The maximum absolute atomic E-state index is 5.49. The van der Waals surface area contributed by atoms with E-state index in [4.69, 9.17) is 4.74 Å². The van der Waals surface area contributed by atoms with Crippen LogP contribution in [0.25, 0.3) is 0 Å². The second-order valence-electron chi connectivity index (χ2n) is 6.14. The minimum absolute atomic E-state index is 0.364. The van der Waals surface area contributed by atoms with Crippen LogP contribution in [0.15, 0.2) is 23.8 Å². The van der Waals surface area contributed by atoms with Crippen molar-refractivity contribution >= 4 is 0 Å². The Kier molecular flexibility index (Phi) is 3.53. The number of hydrogen-bond acceptors (Lipinski definition) is 1. The number of rotatable bonds is 2. The predicted molar refractivity (Wildman–Crippen MR) is 68.3 cm³/mol. The van der Waals surface area contributed by atoms with Gasteiger partial charge in [-0.15, -0.1) is 0 Å². The van der Waals surface area contributed by atoms with Gasteiger partial charge in [0.2, 0.25) is 0 Å². The molecule has 0 saturated carbocycles. The smallest absolute Gasteiger partial charge is 0.0468 e. The van der Waals surface area contributed by atoms with Crippen LogP contribution in [0.2, 0.25) is 0 Å². The lowest BCUT2D eigenvalue weighted by molar-refractivity contribution is 0.0323.